The van der Waals surface area contributed by atoms with Crippen molar-refractivity contribution >= 4 is 0 Å². The molecule has 0 fully saturated rings. The lowest BCUT2D eigenvalue weighted by Gasteiger charge is -2.20. The summed E-state index contributed by atoms with van der Waals surface area (Å²) in [5.74, 6) is 0. The van der Waals surface area contributed by atoms with Gasteiger partial charge >= 0.3 is 0 Å². The molecule has 0 bridgehead atoms. The average Bonchev–Trinajstić information content (AvgIpc) is 1.64. The number of hydrogen-bond donors (Lipinski definition) is 3. The molecule has 0 unspecified atom stereocenters. The van der Waals surface area contributed by atoms with Crippen LogP contribution in [0.25, 0.3) is 0 Å². The van der Waals surface area contributed by atoms with Gasteiger partial charge in [-0.1, -0.05) is 0 Å². The molecule has 0 amide bonds. The van der Waals surface area contributed by atoms with E-state index >= 15 is 0 Å². The quantitative estimate of drug-likeness (QED) is 0.486. The predicted octanol–water partition coefficient (Wildman–Crippen LogP) is -0.498. The molecule has 0 aromatic rings. The summed E-state index contributed by atoms with van der Waals surface area (Å²) >= 11 is 0. The lowest BCUT2D eigenvalue weighted by Crippen LogP contribution is -2.26. The van der Waals surface area contributed by atoms with Gasteiger partial charge < -0.3 is 15.3 Å². The number of aliphatic hydroxyl groups excluding tert-OH is 2. The number of aliphatic hydroxyl groups is 3. The summed E-state index contributed by atoms with van der Waals surface area (Å²) in [4.78, 5) is 0. The predicted molar refractivity (Wildman–Crippen MR) is 34.0 cm³/mol. The highest BCUT2D eigenvalue weighted by molar-refractivity contribution is 4.70. The molecule has 3 N–H and O–H groups in total. The molecule has 0 radical (unpaired) electrons. The molecule has 3 heteroatoms. The summed E-state index contributed by atoms with van der Waals surface area (Å²) in [7, 11) is 0. The van der Waals surface area contributed by atoms with Gasteiger partial charge in [-0.3, -0.25) is 0 Å². The molecule has 0 aliphatic rings. The van der Waals surface area contributed by atoms with E-state index in [0.717, 1.165) is 0 Å². The number of rotatable bonds is 4. The molecule has 3 nitrogen and oxygen atoms in total. The second-order valence-corrected chi connectivity index (χ2v) is 2.44. The monoisotopic (exact) mass is 134 g/mol. The van der Waals surface area contributed by atoms with Crippen LogP contribution in [0.5, 0.6) is 0 Å². The fourth-order valence-corrected chi connectivity index (χ4v) is 0.607. The zero-order chi connectivity index (χ0) is 7.33. The van der Waals surface area contributed by atoms with E-state index in [1.165, 1.54) is 0 Å². The van der Waals surface area contributed by atoms with E-state index in [0.29, 0.717) is 12.8 Å². The van der Waals surface area contributed by atoms with E-state index in [1.54, 1.807) is 6.92 Å². The maximum absolute atomic E-state index is 9.19. The highest BCUT2D eigenvalue weighted by atomic mass is 16.3. The Morgan fingerprint density at radius 1 is 1.11 bits per heavy atom. The van der Waals surface area contributed by atoms with Crippen molar-refractivity contribution in [1.29, 1.82) is 0 Å². The van der Waals surface area contributed by atoms with Crippen LogP contribution >= 0.6 is 0 Å². The lowest BCUT2D eigenvalue weighted by atomic mass is 10.00. The fourth-order valence-electron chi connectivity index (χ4n) is 0.607. The Bertz CT molecular complexity index is 62.7. The average molecular weight is 134 g/mol. The van der Waals surface area contributed by atoms with Gasteiger partial charge in [-0.05, 0) is 19.8 Å². The van der Waals surface area contributed by atoms with Crippen LogP contribution < -0.4 is 0 Å². The molecule has 56 valence electrons. The smallest absolute Gasteiger partial charge is 0.0663 e. The first-order valence-electron chi connectivity index (χ1n) is 3.06. The van der Waals surface area contributed by atoms with Gasteiger partial charge in [0, 0.05) is 13.2 Å². The van der Waals surface area contributed by atoms with Gasteiger partial charge in [-0.25, -0.2) is 0 Å². The van der Waals surface area contributed by atoms with Gasteiger partial charge in [0.25, 0.3) is 0 Å². The van der Waals surface area contributed by atoms with E-state index in [1.807, 2.05) is 0 Å². The third-order valence-corrected chi connectivity index (χ3v) is 1.30. The Kier molecular flexibility index (Phi) is 3.77. The Balaban J connectivity index is 3.43. The van der Waals surface area contributed by atoms with Gasteiger partial charge in [0.05, 0.1) is 5.60 Å². The SMILES string of the molecule is CC(O)(CCO)CCO. The molecule has 0 rings (SSSR count). The summed E-state index contributed by atoms with van der Waals surface area (Å²) in [5.41, 5.74) is -0.899. The van der Waals surface area contributed by atoms with Crippen molar-refractivity contribution in [3.63, 3.8) is 0 Å². The van der Waals surface area contributed by atoms with Crippen LogP contribution in [0, 0.1) is 0 Å². The minimum Gasteiger partial charge on any atom is -0.396 e. The molecule has 0 saturated heterocycles. The highest BCUT2D eigenvalue weighted by Gasteiger charge is 2.17. The van der Waals surface area contributed by atoms with Crippen LogP contribution in [-0.2, 0) is 0 Å². The van der Waals surface area contributed by atoms with Crippen molar-refractivity contribution in [3.8, 4) is 0 Å². The zero-order valence-corrected chi connectivity index (χ0v) is 5.67. The Morgan fingerprint density at radius 2 is 1.44 bits per heavy atom. The third kappa shape index (κ3) is 4.39. The summed E-state index contributed by atoms with van der Waals surface area (Å²) < 4.78 is 0. The van der Waals surface area contributed by atoms with Gasteiger partial charge in [-0.2, -0.15) is 0 Å². The van der Waals surface area contributed by atoms with Gasteiger partial charge in [-0.15, -0.1) is 0 Å². The van der Waals surface area contributed by atoms with Crippen LogP contribution in [0.3, 0.4) is 0 Å². The molecule has 0 aliphatic carbocycles. The lowest BCUT2D eigenvalue weighted by molar-refractivity contribution is 0.0116. The van der Waals surface area contributed by atoms with Crippen molar-refractivity contribution < 1.29 is 15.3 Å². The van der Waals surface area contributed by atoms with E-state index in [4.69, 9.17) is 10.2 Å². The first-order chi connectivity index (χ1) is 4.12. The van der Waals surface area contributed by atoms with Crippen molar-refractivity contribution in [2.75, 3.05) is 13.2 Å². The van der Waals surface area contributed by atoms with Crippen molar-refractivity contribution in [2.24, 2.45) is 0 Å². The van der Waals surface area contributed by atoms with Gasteiger partial charge in [0.1, 0.15) is 0 Å². The van der Waals surface area contributed by atoms with Crippen LogP contribution in [0.15, 0.2) is 0 Å². The number of hydrogen-bond acceptors (Lipinski definition) is 3. The topological polar surface area (TPSA) is 60.7 Å². The summed E-state index contributed by atoms with van der Waals surface area (Å²) in [5, 5.41) is 26.0. The van der Waals surface area contributed by atoms with E-state index in [9.17, 15) is 5.11 Å². The van der Waals surface area contributed by atoms with Gasteiger partial charge in [0.15, 0.2) is 0 Å². The summed E-state index contributed by atoms with van der Waals surface area (Å²) in [6.45, 7) is 1.53. The maximum Gasteiger partial charge on any atom is 0.0663 e. The van der Waals surface area contributed by atoms with E-state index in [-0.39, 0.29) is 13.2 Å². The van der Waals surface area contributed by atoms with Gasteiger partial charge in [0.2, 0.25) is 0 Å². The van der Waals surface area contributed by atoms with E-state index < -0.39 is 5.60 Å². The Labute approximate surface area is 54.9 Å². The van der Waals surface area contributed by atoms with Crippen molar-refractivity contribution in [2.45, 2.75) is 25.4 Å². The molecule has 0 atom stereocenters. The molecule has 0 aromatic heterocycles. The fraction of sp³-hybridized carbons (Fsp3) is 1.00. The van der Waals surface area contributed by atoms with Crippen LogP contribution in [0.4, 0.5) is 0 Å². The summed E-state index contributed by atoms with van der Waals surface area (Å²) in [6.07, 6.45) is 0.654. The highest BCUT2D eigenvalue weighted by Crippen LogP contribution is 2.11. The zero-order valence-electron chi connectivity index (χ0n) is 5.67. The normalized spacial score (nSPS) is 12.0. The van der Waals surface area contributed by atoms with Crippen LogP contribution in [0.1, 0.15) is 19.8 Å². The third-order valence-electron chi connectivity index (χ3n) is 1.30. The molecule has 0 aromatic carbocycles. The van der Waals surface area contributed by atoms with Crippen molar-refractivity contribution in [1.82, 2.24) is 0 Å². The standard InChI is InChI=1S/C6H14O3/c1-6(9,2-4-7)3-5-8/h7-9H,2-5H2,1H3. The molecule has 0 heterocycles. The second-order valence-electron chi connectivity index (χ2n) is 2.44. The molecular weight excluding hydrogens is 120 g/mol. The first kappa shape index (κ1) is 8.88. The minimum absolute atomic E-state index is 0.0347. The van der Waals surface area contributed by atoms with Crippen LogP contribution in [-0.4, -0.2) is 34.1 Å². The Hall–Kier alpha value is -0.120. The molecule has 0 saturated carbocycles. The summed E-state index contributed by atoms with van der Waals surface area (Å²) in [6, 6.07) is 0. The molecule has 9 heavy (non-hydrogen) atoms. The second kappa shape index (κ2) is 3.82. The largest absolute Gasteiger partial charge is 0.396 e. The maximum atomic E-state index is 9.19. The first-order valence-corrected chi connectivity index (χ1v) is 3.06. The Morgan fingerprint density at radius 3 is 1.67 bits per heavy atom. The minimum atomic E-state index is -0.899. The van der Waals surface area contributed by atoms with Crippen molar-refractivity contribution in [3.05, 3.63) is 0 Å². The molecular formula is C6H14O3. The van der Waals surface area contributed by atoms with E-state index in [2.05, 4.69) is 0 Å². The van der Waals surface area contributed by atoms with Crippen LogP contribution in [0.2, 0.25) is 0 Å². The molecule has 0 aliphatic heterocycles. The molecule has 0 spiro atoms.